The van der Waals surface area contributed by atoms with E-state index in [1.165, 1.54) is 0 Å². The summed E-state index contributed by atoms with van der Waals surface area (Å²) in [6.45, 7) is 2.46. The normalized spacial score (nSPS) is 18.3. The van der Waals surface area contributed by atoms with Crippen molar-refractivity contribution in [2.45, 2.75) is 37.3 Å². The Balaban J connectivity index is 1.57. The minimum atomic E-state index is -4.92. The van der Waals surface area contributed by atoms with E-state index in [1.54, 1.807) is 0 Å². The summed E-state index contributed by atoms with van der Waals surface area (Å²) in [6.07, 6.45) is 0.594. The number of rotatable bonds is 3. The Labute approximate surface area is 176 Å². The van der Waals surface area contributed by atoms with Crippen LogP contribution in [0.4, 0.5) is 27.6 Å². The van der Waals surface area contributed by atoms with Gasteiger partial charge < -0.3 is 9.64 Å². The molecular formula is C20H19F5N2O3S. The van der Waals surface area contributed by atoms with Crippen molar-refractivity contribution >= 4 is 15.7 Å². The lowest BCUT2D eigenvalue weighted by Crippen LogP contribution is -2.49. The van der Waals surface area contributed by atoms with Crippen molar-refractivity contribution in [2.24, 2.45) is 0 Å². The highest BCUT2D eigenvalue weighted by Gasteiger charge is 2.39. The Morgan fingerprint density at radius 3 is 2.13 bits per heavy atom. The van der Waals surface area contributed by atoms with Crippen LogP contribution in [0.5, 0.6) is 0 Å². The van der Waals surface area contributed by atoms with Crippen LogP contribution in [0.25, 0.3) is 0 Å². The number of ether oxygens (including phenoxy) is 1. The summed E-state index contributed by atoms with van der Waals surface area (Å²) in [5.74, 6) is -11.7. The maximum absolute atomic E-state index is 14.1. The first-order valence-electron chi connectivity index (χ1n) is 9.58. The van der Waals surface area contributed by atoms with Crippen molar-refractivity contribution in [1.82, 2.24) is 4.31 Å². The third-order valence-electron chi connectivity index (χ3n) is 5.66. The van der Waals surface area contributed by atoms with E-state index in [-0.39, 0.29) is 19.1 Å². The van der Waals surface area contributed by atoms with Crippen LogP contribution < -0.4 is 4.90 Å². The summed E-state index contributed by atoms with van der Waals surface area (Å²) in [5.41, 5.74) is 3.05. The smallest absolute Gasteiger partial charge is 0.249 e. The number of hydrogen-bond acceptors (Lipinski definition) is 4. The molecule has 1 saturated heterocycles. The summed E-state index contributed by atoms with van der Waals surface area (Å²) in [5, 5.41) is 0. The molecular weight excluding hydrogens is 443 g/mol. The van der Waals surface area contributed by atoms with Gasteiger partial charge in [-0.2, -0.15) is 4.31 Å². The van der Waals surface area contributed by atoms with Gasteiger partial charge in [0.25, 0.3) is 0 Å². The average Bonchev–Trinajstić information content (AvgIpc) is 2.75. The van der Waals surface area contributed by atoms with Gasteiger partial charge in [-0.15, -0.1) is 0 Å². The number of hydrogen-bond donors (Lipinski definition) is 0. The molecule has 2 aliphatic rings. The van der Waals surface area contributed by atoms with Crippen LogP contribution in [0, 0.1) is 36.0 Å². The zero-order valence-corrected chi connectivity index (χ0v) is 17.3. The van der Waals surface area contributed by atoms with Gasteiger partial charge in [0.2, 0.25) is 15.8 Å². The number of sulfonamides is 1. The molecule has 0 bridgehead atoms. The molecule has 0 amide bonds. The van der Waals surface area contributed by atoms with E-state index in [0.717, 1.165) is 21.1 Å². The molecule has 31 heavy (non-hydrogen) atoms. The molecule has 0 unspecified atom stereocenters. The summed E-state index contributed by atoms with van der Waals surface area (Å²) in [6, 6.07) is 5.82. The van der Waals surface area contributed by atoms with E-state index in [2.05, 4.69) is 0 Å². The van der Waals surface area contributed by atoms with Crippen LogP contribution >= 0.6 is 0 Å². The minimum absolute atomic E-state index is 0.107. The fourth-order valence-electron chi connectivity index (χ4n) is 4.07. The first kappa shape index (κ1) is 22.0. The van der Waals surface area contributed by atoms with Crippen LogP contribution in [-0.4, -0.2) is 38.6 Å². The van der Waals surface area contributed by atoms with Crippen molar-refractivity contribution in [1.29, 1.82) is 0 Å². The van der Waals surface area contributed by atoms with Gasteiger partial charge >= 0.3 is 0 Å². The number of nitrogens with zero attached hydrogens (tertiary/aromatic N) is 2. The van der Waals surface area contributed by atoms with E-state index in [1.807, 2.05) is 30.0 Å². The van der Waals surface area contributed by atoms with Gasteiger partial charge in [-0.25, -0.2) is 30.4 Å². The predicted octanol–water partition coefficient (Wildman–Crippen LogP) is 3.84. The molecule has 2 aliphatic heterocycles. The molecule has 4 rings (SSSR count). The molecule has 2 heterocycles. The minimum Gasteiger partial charge on any atom is -0.356 e. The number of piperidine rings is 1. The van der Waals surface area contributed by atoms with Crippen LogP contribution in [0.2, 0.25) is 0 Å². The van der Waals surface area contributed by atoms with Crippen molar-refractivity contribution in [3.05, 3.63) is 58.4 Å². The van der Waals surface area contributed by atoms with E-state index in [9.17, 15) is 30.4 Å². The van der Waals surface area contributed by atoms with Gasteiger partial charge in [-0.05, 0) is 25.8 Å². The molecule has 0 N–H and O–H groups in total. The Morgan fingerprint density at radius 1 is 0.935 bits per heavy atom. The first-order chi connectivity index (χ1) is 14.6. The zero-order valence-electron chi connectivity index (χ0n) is 16.5. The van der Waals surface area contributed by atoms with Crippen molar-refractivity contribution in [3.8, 4) is 0 Å². The van der Waals surface area contributed by atoms with Crippen molar-refractivity contribution < 1.29 is 35.1 Å². The molecule has 0 radical (unpaired) electrons. The fourth-order valence-corrected chi connectivity index (χ4v) is 5.65. The molecule has 0 atom stereocenters. The summed E-state index contributed by atoms with van der Waals surface area (Å²) in [7, 11) is -4.92. The summed E-state index contributed by atoms with van der Waals surface area (Å²) < 4.78 is 100. The molecule has 0 saturated carbocycles. The lowest BCUT2D eigenvalue weighted by molar-refractivity contribution is 0.0987. The lowest BCUT2D eigenvalue weighted by Gasteiger charge is -2.41. The number of benzene rings is 2. The van der Waals surface area contributed by atoms with Gasteiger partial charge in [0.05, 0.1) is 6.61 Å². The van der Waals surface area contributed by atoms with Gasteiger partial charge in [0.15, 0.2) is 28.2 Å². The molecule has 1 fully saturated rings. The molecule has 2 aromatic rings. The largest absolute Gasteiger partial charge is 0.356 e. The predicted molar refractivity (Wildman–Crippen MR) is 101 cm³/mol. The maximum atomic E-state index is 14.1. The Morgan fingerprint density at radius 2 is 1.52 bits per heavy atom. The summed E-state index contributed by atoms with van der Waals surface area (Å²) >= 11 is 0. The molecule has 0 spiro atoms. The highest BCUT2D eigenvalue weighted by atomic mass is 32.2. The second-order valence-corrected chi connectivity index (χ2v) is 9.49. The number of halogens is 5. The molecule has 0 aliphatic carbocycles. The van der Waals surface area contributed by atoms with Gasteiger partial charge in [-0.1, -0.05) is 17.7 Å². The van der Waals surface area contributed by atoms with Crippen LogP contribution in [0.15, 0.2) is 23.1 Å². The topological polar surface area (TPSA) is 49.9 Å². The standard InChI is InChI=1S/C20H19F5N2O3S/c1-11-2-3-14-12(8-11)9-30-10-27(14)13-4-6-26(7-5-13)31(28,29)20-18(24)16(22)15(21)17(23)19(20)25/h2-3,8,13H,4-7,9-10H2,1H3. The Bertz CT molecular complexity index is 1110. The number of fused-ring (bicyclic) bond motifs is 1. The van der Waals surface area contributed by atoms with Crippen LogP contribution in [0.1, 0.15) is 24.0 Å². The third kappa shape index (κ3) is 3.68. The van der Waals surface area contributed by atoms with Crippen molar-refractivity contribution in [3.63, 3.8) is 0 Å². The maximum Gasteiger partial charge on any atom is 0.249 e. The van der Waals surface area contributed by atoms with Gasteiger partial charge in [0.1, 0.15) is 6.73 Å². The number of anilines is 1. The van der Waals surface area contributed by atoms with Crippen LogP contribution in [0.3, 0.4) is 0 Å². The second kappa shape index (κ2) is 8.03. The quantitative estimate of drug-likeness (QED) is 0.395. The van der Waals surface area contributed by atoms with E-state index >= 15 is 0 Å². The monoisotopic (exact) mass is 462 g/mol. The SMILES string of the molecule is Cc1ccc2c(c1)COCN2C1CCN(S(=O)(=O)c2c(F)c(F)c(F)c(F)c2F)CC1. The molecule has 168 valence electrons. The Kier molecular flexibility index (Phi) is 5.69. The van der Waals surface area contributed by atoms with Crippen LogP contribution in [-0.2, 0) is 21.4 Å². The average molecular weight is 462 g/mol. The first-order valence-corrected chi connectivity index (χ1v) is 11.0. The highest BCUT2D eigenvalue weighted by Crippen LogP contribution is 2.34. The van der Waals surface area contributed by atoms with Gasteiger partial charge in [0, 0.05) is 30.4 Å². The van der Waals surface area contributed by atoms with Gasteiger partial charge in [-0.3, -0.25) is 0 Å². The molecule has 11 heteroatoms. The highest BCUT2D eigenvalue weighted by molar-refractivity contribution is 7.89. The molecule has 0 aromatic heterocycles. The number of aryl methyl sites for hydroxylation is 1. The summed E-state index contributed by atoms with van der Waals surface area (Å²) in [4.78, 5) is 0.185. The Hall–Kier alpha value is -2.24. The molecule has 2 aromatic carbocycles. The second-order valence-electron chi connectivity index (χ2n) is 7.61. The van der Waals surface area contributed by atoms with E-state index in [4.69, 9.17) is 4.74 Å². The van der Waals surface area contributed by atoms with Crippen molar-refractivity contribution in [2.75, 3.05) is 24.7 Å². The van der Waals surface area contributed by atoms with E-state index in [0.29, 0.717) is 26.2 Å². The fraction of sp³-hybridized carbons (Fsp3) is 0.400. The molecule has 5 nitrogen and oxygen atoms in total. The lowest BCUT2D eigenvalue weighted by atomic mass is 10.0. The van der Waals surface area contributed by atoms with E-state index < -0.39 is 44.0 Å². The third-order valence-corrected chi connectivity index (χ3v) is 7.58. The zero-order chi connectivity index (χ0) is 22.5.